The molecule has 1 fully saturated rings. The van der Waals surface area contributed by atoms with Gasteiger partial charge in [-0.2, -0.15) is 5.10 Å². The highest BCUT2D eigenvalue weighted by Gasteiger charge is 2.24. The molecule has 6 heteroatoms. The minimum atomic E-state index is 0.480. The van der Waals surface area contributed by atoms with E-state index in [1.807, 2.05) is 7.05 Å². The summed E-state index contributed by atoms with van der Waals surface area (Å²) in [5.74, 6) is 2.49. The smallest absolute Gasteiger partial charge is 0.193 e. The van der Waals surface area contributed by atoms with E-state index in [0.717, 1.165) is 57.1 Å². The average molecular weight is 340 g/mol. The first-order valence-corrected chi connectivity index (χ1v) is 9.18. The summed E-state index contributed by atoms with van der Waals surface area (Å²) in [4.78, 5) is 11.1. The van der Waals surface area contributed by atoms with E-state index in [0.29, 0.717) is 5.92 Å². The van der Waals surface area contributed by atoms with Crippen molar-refractivity contribution in [1.82, 2.24) is 25.4 Å². The van der Waals surface area contributed by atoms with E-state index in [1.165, 1.54) is 11.1 Å². The minimum Gasteiger partial charge on any atom is -0.356 e. The Hall–Kier alpha value is -2.37. The normalized spacial score (nSPS) is 16.2. The molecule has 1 aromatic heterocycles. The summed E-state index contributed by atoms with van der Waals surface area (Å²) in [7, 11) is 1.86. The number of benzene rings is 1. The zero-order valence-corrected chi connectivity index (χ0v) is 15.2. The van der Waals surface area contributed by atoms with Gasteiger partial charge in [-0.1, -0.05) is 31.2 Å². The van der Waals surface area contributed by atoms with Crippen LogP contribution in [0.1, 0.15) is 42.6 Å². The van der Waals surface area contributed by atoms with Crippen molar-refractivity contribution in [1.29, 1.82) is 0 Å². The number of nitrogens with one attached hydrogen (secondary N) is 2. The summed E-state index contributed by atoms with van der Waals surface area (Å²) in [5.41, 5.74) is 2.76. The third-order valence-corrected chi connectivity index (χ3v) is 4.95. The molecule has 0 radical (unpaired) electrons. The van der Waals surface area contributed by atoms with E-state index < -0.39 is 0 Å². The van der Waals surface area contributed by atoms with Gasteiger partial charge in [0, 0.05) is 32.6 Å². The molecule has 134 valence electrons. The summed E-state index contributed by atoms with van der Waals surface area (Å²) < 4.78 is 0. The molecular formula is C19H28N6. The number of H-pyrrole nitrogens is 1. The Bertz CT molecular complexity index is 654. The van der Waals surface area contributed by atoms with Crippen LogP contribution in [0.3, 0.4) is 0 Å². The monoisotopic (exact) mass is 340 g/mol. The summed E-state index contributed by atoms with van der Waals surface area (Å²) in [6, 6.07) is 8.90. The molecule has 0 atom stereocenters. The lowest BCUT2D eigenvalue weighted by Crippen LogP contribution is -2.45. The van der Waals surface area contributed by atoms with E-state index >= 15 is 0 Å². The number of piperidine rings is 1. The standard InChI is InChI=1S/C19H28N6/c1-3-15-4-6-16(7-5-15)8-11-21-19(20-2)25-12-9-17(10-13-25)18-22-14-23-24-18/h4-7,14,17H,3,8-13H2,1-2H3,(H,20,21)(H,22,23,24). The van der Waals surface area contributed by atoms with Crippen molar-refractivity contribution in [3.05, 3.63) is 47.5 Å². The molecule has 0 spiro atoms. The fourth-order valence-electron chi connectivity index (χ4n) is 3.37. The molecule has 1 aliphatic rings. The third-order valence-electron chi connectivity index (χ3n) is 4.95. The van der Waals surface area contributed by atoms with E-state index in [2.05, 4.69) is 61.6 Å². The van der Waals surface area contributed by atoms with Gasteiger partial charge in [0.1, 0.15) is 12.2 Å². The lowest BCUT2D eigenvalue weighted by Gasteiger charge is -2.33. The molecule has 2 aromatic rings. The number of guanidine groups is 1. The van der Waals surface area contributed by atoms with Gasteiger partial charge >= 0.3 is 0 Å². The van der Waals surface area contributed by atoms with Gasteiger partial charge in [0.05, 0.1) is 0 Å². The van der Waals surface area contributed by atoms with Gasteiger partial charge < -0.3 is 10.2 Å². The molecule has 1 aliphatic heterocycles. The summed E-state index contributed by atoms with van der Waals surface area (Å²) >= 11 is 0. The largest absolute Gasteiger partial charge is 0.356 e. The number of hydrogen-bond acceptors (Lipinski definition) is 3. The van der Waals surface area contributed by atoms with Crippen LogP contribution in [0.15, 0.2) is 35.6 Å². The van der Waals surface area contributed by atoms with Crippen LogP contribution < -0.4 is 5.32 Å². The molecule has 0 aliphatic carbocycles. The van der Waals surface area contributed by atoms with Gasteiger partial charge in [-0.15, -0.1) is 0 Å². The summed E-state index contributed by atoms with van der Waals surface area (Å²) in [6.07, 6.45) is 5.85. The molecule has 1 saturated heterocycles. The van der Waals surface area contributed by atoms with Crippen LogP contribution in [0, 0.1) is 0 Å². The maximum absolute atomic E-state index is 4.45. The second-order valence-corrected chi connectivity index (χ2v) is 6.53. The second kappa shape index (κ2) is 8.65. The van der Waals surface area contributed by atoms with Crippen molar-refractivity contribution in [2.45, 2.75) is 38.5 Å². The molecule has 2 heterocycles. The van der Waals surface area contributed by atoms with E-state index in [9.17, 15) is 0 Å². The van der Waals surface area contributed by atoms with Crippen LogP contribution >= 0.6 is 0 Å². The van der Waals surface area contributed by atoms with Crippen LogP contribution in [0.4, 0.5) is 0 Å². The first-order valence-electron chi connectivity index (χ1n) is 9.18. The topological polar surface area (TPSA) is 69.2 Å². The Morgan fingerprint density at radius 3 is 2.56 bits per heavy atom. The van der Waals surface area contributed by atoms with Crippen LogP contribution in [0.2, 0.25) is 0 Å². The Kier molecular flexibility index (Phi) is 6.04. The molecule has 0 bridgehead atoms. The van der Waals surface area contributed by atoms with Gasteiger partial charge in [-0.3, -0.25) is 10.1 Å². The van der Waals surface area contributed by atoms with Crippen molar-refractivity contribution in [3.63, 3.8) is 0 Å². The lowest BCUT2D eigenvalue weighted by atomic mass is 9.96. The quantitative estimate of drug-likeness (QED) is 0.648. The number of rotatable bonds is 5. The Balaban J connectivity index is 1.45. The number of hydrogen-bond donors (Lipinski definition) is 2. The van der Waals surface area contributed by atoms with Crippen molar-refractivity contribution in [3.8, 4) is 0 Å². The van der Waals surface area contributed by atoms with Gasteiger partial charge in [-0.25, -0.2) is 4.98 Å². The third kappa shape index (κ3) is 4.59. The van der Waals surface area contributed by atoms with E-state index in [1.54, 1.807) is 6.33 Å². The van der Waals surface area contributed by atoms with Crippen molar-refractivity contribution >= 4 is 5.96 Å². The predicted molar refractivity (Wildman–Crippen MR) is 101 cm³/mol. The van der Waals surface area contributed by atoms with E-state index in [-0.39, 0.29) is 0 Å². The van der Waals surface area contributed by atoms with Crippen LogP contribution in [-0.4, -0.2) is 52.7 Å². The Morgan fingerprint density at radius 1 is 1.24 bits per heavy atom. The molecule has 6 nitrogen and oxygen atoms in total. The number of aryl methyl sites for hydroxylation is 1. The molecular weight excluding hydrogens is 312 g/mol. The van der Waals surface area contributed by atoms with Gasteiger partial charge in [0.2, 0.25) is 0 Å². The number of nitrogens with zero attached hydrogens (tertiary/aromatic N) is 4. The fourth-order valence-corrected chi connectivity index (χ4v) is 3.37. The van der Waals surface area contributed by atoms with Crippen LogP contribution in [0.5, 0.6) is 0 Å². The van der Waals surface area contributed by atoms with E-state index in [4.69, 9.17) is 0 Å². The van der Waals surface area contributed by atoms with Crippen molar-refractivity contribution in [2.75, 3.05) is 26.7 Å². The van der Waals surface area contributed by atoms with Crippen molar-refractivity contribution in [2.24, 2.45) is 4.99 Å². The first kappa shape index (κ1) is 17.5. The Morgan fingerprint density at radius 2 is 1.96 bits per heavy atom. The van der Waals surface area contributed by atoms with Crippen LogP contribution in [-0.2, 0) is 12.8 Å². The lowest BCUT2D eigenvalue weighted by molar-refractivity contribution is 0.299. The highest BCUT2D eigenvalue weighted by atomic mass is 15.3. The number of likely N-dealkylation sites (tertiary alicyclic amines) is 1. The van der Waals surface area contributed by atoms with Crippen LogP contribution in [0.25, 0.3) is 0 Å². The Labute approximate surface area is 149 Å². The summed E-state index contributed by atoms with van der Waals surface area (Å²) in [6.45, 7) is 5.08. The highest BCUT2D eigenvalue weighted by molar-refractivity contribution is 5.80. The molecule has 3 rings (SSSR count). The maximum Gasteiger partial charge on any atom is 0.193 e. The maximum atomic E-state index is 4.45. The second-order valence-electron chi connectivity index (χ2n) is 6.53. The zero-order valence-electron chi connectivity index (χ0n) is 15.2. The first-order chi connectivity index (χ1) is 12.3. The molecule has 25 heavy (non-hydrogen) atoms. The summed E-state index contributed by atoms with van der Waals surface area (Å²) in [5, 5.41) is 10.5. The van der Waals surface area contributed by atoms with Crippen molar-refractivity contribution < 1.29 is 0 Å². The number of aromatic nitrogens is 3. The molecule has 0 amide bonds. The SMILES string of the molecule is CCc1ccc(CCNC(=NC)N2CCC(c3ncn[nH]3)CC2)cc1. The highest BCUT2D eigenvalue weighted by Crippen LogP contribution is 2.24. The minimum absolute atomic E-state index is 0.480. The predicted octanol–water partition coefficient (Wildman–Crippen LogP) is 2.36. The molecule has 0 saturated carbocycles. The van der Waals surface area contributed by atoms with Gasteiger partial charge in [0.15, 0.2) is 5.96 Å². The molecule has 0 unspecified atom stereocenters. The van der Waals surface area contributed by atoms with Gasteiger partial charge in [0.25, 0.3) is 0 Å². The van der Waals surface area contributed by atoms with Gasteiger partial charge in [-0.05, 0) is 36.8 Å². The molecule has 2 N–H and O–H groups in total. The zero-order chi connectivity index (χ0) is 17.5. The average Bonchev–Trinajstić information content (AvgIpc) is 3.21. The molecule has 1 aromatic carbocycles. The number of aliphatic imine (C=N–C) groups is 1. The fraction of sp³-hybridized carbons (Fsp3) is 0.526. The number of aromatic amines is 1.